The number of phenolic OH excluding ortho intramolecular Hbond substituents is 1. The zero-order valence-corrected chi connectivity index (χ0v) is 8.99. The van der Waals surface area contributed by atoms with E-state index in [1.807, 2.05) is 0 Å². The first kappa shape index (κ1) is 11.4. The Labute approximate surface area is 99.5 Å². The van der Waals surface area contributed by atoms with Crippen LogP contribution in [0.1, 0.15) is 10.5 Å². The van der Waals surface area contributed by atoms with Crippen LogP contribution in [0.25, 0.3) is 11.3 Å². The molecule has 0 aliphatic carbocycles. The molecule has 3 N–H and O–H groups in total. The quantitative estimate of drug-likeness (QED) is 0.769. The first-order chi connectivity index (χ1) is 8.00. The van der Waals surface area contributed by atoms with E-state index in [4.69, 9.17) is 16.7 Å². The average Bonchev–Trinajstić information content (AvgIpc) is 2.73. The summed E-state index contributed by atoms with van der Waals surface area (Å²) in [6.07, 6.45) is 0. The van der Waals surface area contributed by atoms with E-state index in [-0.39, 0.29) is 22.0 Å². The van der Waals surface area contributed by atoms with Crippen LogP contribution in [-0.2, 0) is 0 Å². The lowest BCUT2D eigenvalue weighted by molar-refractivity contribution is 0.0690. The fourth-order valence-electron chi connectivity index (χ4n) is 1.34. The first-order valence-electron chi connectivity index (χ1n) is 4.46. The SMILES string of the molecule is O=C(O)c1cc(-c2c(F)ccc(Cl)c2O)n[nH]1. The van der Waals surface area contributed by atoms with Crippen LogP contribution in [0.4, 0.5) is 4.39 Å². The van der Waals surface area contributed by atoms with Gasteiger partial charge in [0.2, 0.25) is 0 Å². The number of benzene rings is 1. The summed E-state index contributed by atoms with van der Waals surface area (Å²) in [6, 6.07) is 3.36. The van der Waals surface area contributed by atoms with E-state index in [1.165, 1.54) is 6.07 Å². The van der Waals surface area contributed by atoms with Crippen molar-refractivity contribution in [3.8, 4) is 17.0 Å². The molecular weight excluding hydrogens is 251 g/mol. The summed E-state index contributed by atoms with van der Waals surface area (Å²) < 4.78 is 13.5. The standard InChI is InChI=1S/C10H6ClFN2O3/c11-4-1-2-5(12)8(9(4)15)6-3-7(10(16)17)14-13-6/h1-3,15H,(H,13,14)(H,16,17). The molecule has 0 atom stereocenters. The van der Waals surface area contributed by atoms with Crippen molar-refractivity contribution in [3.63, 3.8) is 0 Å². The zero-order valence-electron chi connectivity index (χ0n) is 8.24. The smallest absolute Gasteiger partial charge is 0.353 e. The molecule has 0 amide bonds. The summed E-state index contributed by atoms with van der Waals surface area (Å²) in [6.45, 7) is 0. The number of aromatic carboxylic acids is 1. The topological polar surface area (TPSA) is 86.2 Å². The number of phenols is 1. The normalized spacial score (nSPS) is 10.5. The lowest BCUT2D eigenvalue weighted by Crippen LogP contribution is -1.95. The second kappa shape index (κ2) is 4.06. The number of aromatic hydroxyl groups is 1. The third-order valence-corrected chi connectivity index (χ3v) is 2.45. The molecule has 0 bridgehead atoms. The number of aromatic nitrogens is 2. The number of rotatable bonds is 2. The number of H-pyrrole nitrogens is 1. The van der Waals surface area contributed by atoms with E-state index in [2.05, 4.69) is 10.2 Å². The minimum atomic E-state index is -1.23. The summed E-state index contributed by atoms with van der Waals surface area (Å²) in [5, 5.41) is 24.1. The van der Waals surface area contributed by atoms with E-state index in [0.29, 0.717) is 0 Å². The number of aromatic amines is 1. The second-order valence-electron chi connectivity index (χ2n) is 3.22. The number of carboxylic acids is 1. The highest BCUT2D eigenvalue weighted by molar-refractivity contribution is 6.32. The van der Waals surface area contributed by atoms with Crippen molar-refractivity contribution in [3.05, 3.63) is 34.7 Å². The van der Waals surface area contributed by atoms with Crippen molar-refractivity contribution in [2.24, 2.45) is 0 Å². The summed E-state index contributed by atoms with van der Waals surface area (Å²) in [5.74, 6) is -2.45. The number of carboxylic acid groups (broad SMARTS) is 1. The van der Waals surface area contributed by atoms with Gasteiger partial charge in [-0.1, -0.05) is 11.6 Å². The van der Waals surface area contributed by atoms with Crippen LogP contribution in [0, 0.1) is 5.82 Å². The van der Waals surface area contributed by atoms with Crippen LogP contribution in [0.3, 0.4) is 0 Å². The minimum absolute atomic E-state index is 0.0279. The molecule has 0 spiro atoms. The fraction of sp³-hybridized carbons (Fsp3) is 0. The summed E-state index contributed by atoms with van der Waals surface area (Å²) in [7, 11) is 0. The predicted molar refractivity (Wildman–Crippen MR) is 57.6 cm³/mol. The van der Waals surface area contributed by atoms with Gasteiger partial charge in [-0.05, 0) is 18.2 Å². The minimum Gasteiger partial charge on any atom is -0.506 e. The van der Waals surface area contributed by atoms with Gasteiger partial charge < -0.3 is 10.2 Å². The maximum absolute atomic E-state index is 13.5. The third-order valence-electron chi connectivity index (χ3n) is 2.14. The van der Waals surface area contributed by atoms with E-state index >= 15 is 0 Å². The van der Waals surface area contributed by atoms with Gasteiger partial charge in [-0.15, -0.1) is 0 Å². The highest BCUT2D eigenvalue weighted by Gasteiger charge is 2.18. The number of nitrogens with zero attached hydrogens (tertiary/aromatic N) is 1. The Hall–Kier alpha value is -2.08. The number of hydrogen-bond donors (Lipinski definition) is 3. The lowest BCUT2D eigenvalue weighted by Gasteiger charge is -2.04. The van der Waals surface area contributed by atoms with Crippen molar-refractivity contribution >= 4 is 17.6 Å². The van der Waals surface area contributed by atoms with Crippen molar-refractivity contribution in [2.45, 2.75) is 0 Å². The molecule has 2 aromatic rings. The van der Waals surface area contributed by atoms with Crippen molar-refractivity contribution in [2.75, 3.05) is 0 Å². The fourth-order valence-corrected chi connectivity index (χ4v) is 1.50. The van der Waals surface area contributed by atoms with E-state index < -0.39 is 17.5 Å². The number of nitrogens with one attached hydrogen (secondary N) is 1. The molecule has 0 fully saturated rings. The van der Waals surface area contributed by atoms with Gasteiger partial charge in [0.05, 0.1) is 16.3 Å². The molecule has 0 aliphatic rings. The molecule has 0 aliphatic heterocycles. The Morgan fingerprint density at radius 3 is 2.76 bits per heavy atom. The van der Waals surface area contributed by atoms with E-state index in [1.54, 1.807) is 0 Å². The van der Waals surface area contributed by atoms with Crippen molar-refractivity contribution in [1.82, 2.24) is 10.2 Å². The van der Waals surface area contributed by atoms with E-state index in [0.717, 1.165) is 12.1 Å². The molecule has 1 aromatic carbocycles. The Kier molecular flexibility index (Phi) is 2.72. The Morgan fingerprint density at radius 2 is 2.18 bits per heavy atom. The average molecular weight is 257 g/mol. The molecule has 88 valence electrons. The molecular formula is C10H6ClFN2O3. The molecule has 2 rings (SSSR count). The molecule has 0 saturated heterocycles. The first-order valence-corrected chi connectivity index (χ1v) is 4.84. The van der Waals surface area contributed by atoms with Crippen LogP contribution in [-0.4, -0.2) is 26.4 Å². The molecule has 0 radical (unpaired) electrons. The van der Waals surface area contributed by atoms with Crippen molar-refractivity contribution in [1.29, 1.82) is 0 Å². The molecule has 7 heteroatoms. The van der Waals surface area contributed by atoms with Gasteiger partial charge in [-0.3, -0.25) is 5.10 Å². The van der Waals surface area contributed by atoms with Gasteiger partial charge in [0.25, 0.3) is 0 Å². The van der Waals surface area contributed by atoms with Crippen LogP contribution in [0.5, 0.6) is 5.75 Å². The largest absolute Gasteiger partial charge is 0.506 e. The molecule has 5 nitrogen and oxygen atoms in total. The third kappa shape index (κ3) is 1.94. The van der Waals surface area contributed by atoms with Crippen LogP contribution >= 0.6 is 11.6 Å². The molecule has 17 heavy (non-hydrogen) atoms. The summed E-state index contributed by atoms with van der Waals surface area (Å²) in [5.41, 5.74) is -0.472. The molecule has 0 unspecified atom stereocenters. The van der Waals surface area contributed by atoms with Gasteiger partial charge in [0.15, 0.2) is 0 Å². The van der Waals surface area contributed by atoms with Crippen LogP contribution < -0.4 is 0 Å². The van der Waals surface area contributed by atoms with Gasteiger partial charge in [-0.25, -0.2) is 9.18 Å². The maximum atomic E-state index is 13.5. The lowest BCUT2D eigenvalue weighted by atomic mass is 10.1. The molecule has 1 aromatic heterocycles. The number of halogens is 2. The van der Waals surface area contributed by atoms with Gasteiger partial charge >= 0.3 is 5.97 Å². The Morgan fingerprint density at radius 1 is 1.47 bits per heavy atom. The second-order valence-corrected chi connectivity index (χ2v) is 3.63. The van der Waals surface area contributed by atoms with Gasteiger partial charge in [0.1, 0.15) is 17.3 Å². The van der Waals surface area contributed by atoms with Crippen LogP contribution in [0.15, 0.2) is 18.2 Å². The van der Waals surface area contributed by atoms with Crippen molar-refractivity contribution < 1.29 is 19.4 Å². The maximum Gasteiger partial charge on any atom is 0.353 e. The summed E-state index contributed by atoms with van der Waals surface area (Å²) in [4.78, 5) is 10.6. The molecule has 0 saturated carbocycles. The predicted octanol–water partition coefficient (Wildman–Crippen LogP) is 2.27. The van der Waals surface area contributed by atoms with Crippen LogP contribution in [0.2, 0.25) is 5.02 Å². The Balaban J connectivity index is 2.60. The van der Waals surface area contributed by atoms with Gasteiger partial charge in [-0.2, -0.15) is 5.10 Å². The highest BCUT2D eigenvalue weighted by atomic mass is 35.5. The van der Waals surface area contributed by atoms with Gasteiger partial charge in [0, 0.05) is 0 Å². The number of carbonyl (C=O) groups is 1. The van der Waals surface area contributed by atoms with E-state index in [9.17, 15) is 14.3 Å². The number of hydrogen-bond acceptors (Lipinski definition) is 3. The highest BCUT2D eigenvalue weighted by Crippen LogP contribution is 2.36. The monoisotopic (exact) mass is 256 g/mol. The summed E-state index contributed by atoms with van der Waals surface area (Å²) >= 11 is 5.63. The Bertz CT molecular complexity index is 597. The molecule has 1 heterocycles. The zero-order chi connectivity index (χ0) is 12.6.